The number of benzene rings is 1. The van der Waals surface area contributed by atoms with Crippen LogP contribution in [0.25, 0.3) is 0 Å². The van der Waals surface area contributed by atoms with Crippen molar-refractivity contribution in [1.29, 1.82) is 0 Å². The number of nitrogens with two attached hydrogens (primary N) is 1. The molecule has 0 spiro atoms. The molecule has 4 N–H and O–H groups in total. The van der Waals surface area contributed by atoms with Crippen LogP contribution in [0.15, 0.2) is 35.0 Å². The average molecular weight is 275 g/mol. The SMILES string of the molecule is CCNC(=O)c1ccc(N)cc1NCc1ccsc1. The Kier molecular flexibility index (Phi) is 4.41. The number of nitrogen functional groups attached to an aromatic ring is 1. The van der Waals surface area contributed by atoms with Gasteiger partial charge in [-0.05, 0) is 47.5 Å². The molecule has 0 bridgehead atoms. The molecule has 0 atom stereocenters. The van der Waals surface area contributed by atoms with Gasteiger partial charge in [0.05, 0.1) is 5.56 Å². The van der Waals surface area contributed by atoms with Crippen LogP contribution in [0.5, 0.6) is 0 Å². The van der Waals surface area contributed by atoms with Gasteiger partial charge in [0, 0.05) is 24.5 Å². The highest BCUT2D eigenvalue weighted by Gasteiger charge is 2.10. The molecular formula is C14H17N3OS. The normalized spacial score (nSPS) is 10.2. The summed E-state index contributed by atoms with van der Waals surface area (Å²) in [5, 5.41) is 10.2. The van der Waals surface area contributed by atoms with E-state index in [1.807, 2.05) is 12.3 Å². The van der Waals surface area contributed by atoms with Crippen LogP contribution in [0.2, 0.25) is 0 Å². The summed E-state index contributed by atoms with van der Waals surface area (Å²) in [5.74, 6) is -0.0877. The molecule has 0 saturated carbocycles. The minimum atomic E-state index is -0.0877. The van der Waals surface area contributed by atoms with E-state index in [4.69, 9.17) is 5.73 Å². The first-order chi connectivity index (χ1) is 9.20. The molecule has 0 aliphatic rings. The molecule has 4 nitrogen and oxygen atoms in total. The Balaban J connectivity index is 2.17. The lowest BCUT2D eigenvalue weighted by Crippen LogP contribution is -2.23. The summed E-state index contributed by atoms with van der Waals surface area (Å²) in [7, 11) is 0. The quantitative estimate of drug-likeness (QED) is 0.735. The van der Waals surface area contributed by atoms with E-state index < -0.39 is 0 Å². The van der Waals surface area contributed by atoms with E-state index in [1.54, 1.807) is 29.5 Å². The maximum Gasteiger partial charge on any atom is 0.253 e. The highest BCUT2D eigenvalue weighted by atomic mass is 32.1. The number of nitrogens with one attached hydrogen (secondary N) is 2. The molecule has 100 valence electrons. The summed E-state index contributed by atoms with van der Waals surface area (Å²) < 4.78 is 0. The Bertz CT molecular complexity index is 552. The molecule has 0 radical (unpaired) electrons. The van der Waals surface area contributed by atoms with E-state index in [0.29, 0.717) is 24.3 Å². The third-order valence-corrected chi connectivity index (χ3v) is 3.42. The average Bonchev–Trinajstić information content (AvgIpc) is 2.89. The summed E-state index contributed by atoms with van der Waals surface area (Å²) in [6.07, 6.45) is 0. The van der Waals surface area contributed by atoms with Gasteiger partial charge >= 0.3 is 0 Å². The molecule has 2 rings (SSSR count). The van der Waals surface area contributed by atoms with Gasteiger partial charge in [-0.15, -0.1) is 0 Å². The fraction of sp³-hybridized carbons (Fsp3) is 0.214. The fourth-order valence-corrected chi connectivity index (χ4v) is 2.42. The molecule has 2 aromatic rings. The van der Waals surface area contributed by atoms with Crippen molar-refractivity contribution in [1.82, 2.24) is 5.32 Å². The zero-order valence-electron chi connectivity index (χ0n) is 10.8. The first kappa shape index (κ1) is 13.4. The molecule has 5 heteroatoms. The van der Waals surface area contributed by atoms with Crippen LogP contribution >= 0.6 is 11.3 Å². The van der Waals surface area contributed by atoms with E-state index in [2.05, 4.69) is 22.1 Å². The van der Waals surface area contributed by atoms with E-state index in [1.165, 1.54) is 5.56 Å². The maximum absolute atomic E-state index is 11.9. The molecule has 19 heavy (non-hydrogen) atoms. The Hall–Kier alpha value is -2.01. The van der Waals surface area contributed by atoms with Crippen LogP contribution in [0.3, 0.4) is 0 Å². The van der Waals surface area contributed by atoms with E-state index >= 15 is 0 Å². The number of carbonyl (C=O) groups is 1. The van der Waals surface area contributed by atoms with Gasteiger partial charge in [0.25, 0.3) is 5.91 Å². The van der Waals surface area contributed by atoms with Crippen LogP contribution in [0.1, 0.15) is 22.8 Å². The van der Waals surface area contributed by atoms with Gasteiger partial charge < -0.3 is 16.4 Å². The van der Waals surface area contributed by atoms with Crippen LogP contribution in [-0.4, -0.2) is 12.5 Å². The van der Waals surface area contributed by atoms with Crippen molar-refractivity contribution in [2.24, 2.45) is 0 Å². The maximum atomic E-state index is 11.9. The second kappa shape index (κ2) is 6.24. The third kappa shape index (κ3) is 3.48. The van der Waals surface area contributed by atoms with Crippen molar-refractivity contribution >= 4 is 28.6 Å². The minimum absolute atomic E-state index is 0.0877. The first-order valence-electron chi connectivity index (χ1n) is 6.13. The molecular weight excluding hydrogens is 258 g/mol. The van der Waals surface area contributed by atoms with Crippen molar-refractivity contribution in [2.45, 2.75) is 13.5 Å². The van der Waals surface area contributed by atoms with Crippen molar-refractivity contribution in [3.8, 4) is 0 Å². The molecule has 0 aliphatic carbocycles. The molecule has 0 aliphatic heterocycles. The van der Waals surface area contributed by atoms with Gasteiger partial charge in [0.2, 0.25) is 0 Å². The van der Waals surface area contributed by atoms with Crippen molar-refractivity contribution < 1.29 is 4.79 Å². The zero-order chi connectivity index (χ0) is 13.7. The summed E-state index contributed by atoms with van der Waals surface area (Å²) in [5.41, 5.74) is 8.99. The van der Waals surface area contributed by atoms with Gasteiger partial charge in [0.15, 0.2) is 0 Å². The topological polar surface area (TPSA) is 67.2 Å². The Labute approximate surface area is 116 Å². The number of anilines is 2. The van der Waals surface area contributed by atoms with Gasteiger partial charge in [-0.2, -0.15) is 11.3 Å². The van der Waals surface area contributed by atoms with Crippen LogP contribution in [0, 0.1) is 0 Å². The summed E-state index contributed by atoms with van der Waals surface area (Å²) in [4.78, 5) is 11.9. The molecule has 1 amide bonds. The molecule has 0 fully saturated rings. The van der Waals surface area contributed by atoms with Gasteiger partial charge in [-0.1, -0.05) is 0 Å². The van der Waals surface area contributed by atoms with Crippen molar-refractivity contribution in [3.05, 3.63) is 46.2 Å². The summed E-state index contributed by atoms with van der Waals surface area (Å²) in [6, 6.07) is 7.32. The summed E-state index contributed by atoms with van der Waals surface area (Å²) in [6.45, 7) is 3.18. The molecule has 0 saturated heterocycles. The molecule has 1 aromatic heterocycles. The van der Waals surface area contributed by atoms with Gasteiger partial charge in [-0.3, -0.25) is 4.79 Å². The fourth-order valence-electron chi connectivity index (χ4n) is 1.75. The lowest BCUT2D eigenvalue weighted by atomic mass is 10.1. The number of hydrogen-bond donors (Lipinski definition) is 3. The molecule has 1 heterocycles. The van der Waals surface area contributed by atoms with Crippen molar-refractivity contribution in [2.75, 3.05) is 17.6 Å². The van der Waals surface area contributed by atoms with Crippen LogP contribution < -0.4 is 16.4 Å². The summed E-state index contributed by atoms with van der Waals surface area (Å²) >= 11 is 1.65. The largest absolute Gasteiger partial charge is 0.399 e. The monoisotopic (exact) mass is 275 g/mol. The Morgan fingerprint density at radius 2 is 2.21 bits per heavy atom. The standard InChI is InChI=1S/C14H17N3OS/c1-2-16-14(18)12-4-3-11(15)7-13(12)17-8-10-5-6-19-9-10/h3-7,9,17H,2,8,15H2,1H3,(H,16,18). The second-order valence-corrected chi connectivity index (χ2v) is 4.93. The Morgan fingerprint density at radius 3 is 2.89 bits per heavy atom. The third-order valence-electron chi connectivity index (χ3n) is 2.69. The number of hydrogen-bond acceptors (Lipinski definition) is 4. The highest BCUT2D eigenvalue weighted by Crippen LogP contribution is 2.20. The van der Waals surface area contributed by atoms with Crippen LogP contribution in [0.4, 0.5) is 11.4 Å². The number of amides is 1. The highest BCUT2D eigenvalue weighted by molar-refractivity contribution is 7.07. The zero-order valence-corrected chi connectivity index (χ0v) is 11.6. The van der Waals surface area contributed by atoms with Crippen molar-refractivity contribution in [3.63, 3.8) is 0 Å². The number of rotatable bonds is 5. The van der Waals surface area contributed by atoms with E-state index in [0.717, 1.165) is 5.69 Å². The Morgan fingerprint density at radius 1 is 1.37 bits per heavy atom. The molecule has 1 aromatic carbocycles. The lowest BCUT2D eigenvalue weighted by molar-refractivity contribution is 0.0956. The predicted octanol–water partition coefficient (Wildman–Crippen LogP) is 2.69. The van der Waals surface area contributed by atoms with E-state index in [9.17, 15) is 4.79 Å². The molecule has 0 unspecified atom stereocenters. The number of thiophene rings is 1. The smallest absolute Gasteiger partial charge is 0.253 e. The lowest BCUT2D eigenvalue weighted by Gasteiger charge is -2.12. The predicted molar refractivity (Wildman–Crippen MR) is 80.5 cm³/mol. The second-order valence-electron chi connectivity index (χ2n) is 4.15. The number of carbonyl (C=O) groups excluding carboxylic acids is 1. The van der Waals surface area contributed by atoms with Crippen LogP contribution in [-0.2, 0) is 6.54 Å². The van der Waals surface area contributed by atoms with Gasteiger partial charge in [-0.25, -0.2) is 0 Å². The minimum Gasteiger partial charge on any atom is -0.399 e. The first-order valence-corrected chi connectivity index (χ1v) is 7.07. The van der Waals surface area contributed by atoms with E-state index in [-0.39, 0.29) is 5.91 Å². The van der Waals surface area contributed by atoms with Gasteiger partial charge in [0.1, 0.15) is 0 Å².